The zero-order chi connectivity index (χ0) is 39.6. The second-order valence-electron chi connectivity index (χ2n) is 10.6. The largest absolute Gasteiger partial charge is 0.377 e. The van der Waals surface area contributed by atoms with Crippen LogP contribution in [0, 0.1) is 24.3 Å². The van der Waals surface area contributed by atoms with Gasteiger partial charge in [0.15, 0.2) is 0 Å². The third-order valence-electron chi connectivity index (χ3n) is 8.29. The third kappa shape index (κ3) is 10.2. The summed E-state index contributed by atoms with van der Waals surface area (Å²) in [7, 11) is 0. The van der Waals surface area contributed by atoms with E-state index in [9.17, 15) is 0 Å². The first kappa shape index (κ1) is 50.6. The molecule has 286 valence electrons. The molecule has 0 bridgehead atoms. The van der Waals surface area contributed by atoms with Crippen molar-refractivity contribution in [2.75, 3.05) is 0 Å². The molecule has 2 nitrogen and oxygen atoms in total. The topological polar surface area (TPSA) is 8.82 Å². The second-order valence-corrected chi connectivity index (χ2v) is 10.6. The van der Waals surface area contributed by atoms with Crippen LogP contribution >= 0.6 is 0 Å². The van der Waals surface area contributed by atoms with Crippen molar-refractivity contribution in [3.05, 3.63) is 158 Å². The quantitative estimate of drug-likeness (QED) is 0.153. The number of rotatable bonds is 2. The summed E-state index contributed by atoms with van der Waals surface area (Å²) in [6.45, 7) is 24.0. The molecular weight excluding hydrogens is 830 g/mol. The third-order valence-corrected chi connectivity index (χ3v) is 8.29. The van der Waals surface area contributed by atoms with Gasteiger partial charge in [-0.3, -0.25) is 0 Å². The molecule has 0 unspecified atom stereocenters. The molecule has 0 atom stereocenters. The summed E-state index contributed by atoms with van der Waals surface area (Å²) in [4.78, 5) is 0. The van der Waals surface area contributed by atoms with Crippen molar-refractivity contribution < 1.29 is 65.4 Å². The molecule has 0 N–H and O–H groups in total. The van der Waals surface area contributed by atoms with Crippen LogP contribution in [0.15, 0.2) is 133 Å². The maximum Gasteiger partial charge on any atom is 0.0416 e. The molecule has 2 radical (unpaired) electrons. The van der Waals surface area contributed by atoms with E-state index >= 15 is 0 Å². The first-order valence-electron chi connectivity index (χ1n) is 20.1. The van der Waals surface area contributed by atoms with Crippen molar-refractivity contribution in [2.45, 2.75) is 83.1 Å². The van der Waals surface area contributed by atoms with Crippen LogP contribution in [0.5, 0.6) is 0 Å². The Bertz CT molecular complexity index is 2490. The van der Waals surface area contributed by atoms with Gasteiger partial charge in [-0.05, 0) is 33.8 Å². The molecule has 4 heteroatoms. The summed E-state index contributed by atoms with van der Waals surface area (Å²) in [5.41, 5.74) is 11.6. The molecule has 0 aliphatic heterocycles. The number of pyridine rings is 2. The van der Waals surface area contributed by atoms with Crippen LogP contribution in [0.2, 0.25) is 0 Å². The van der Waals surface area contributed by atoms with Crippen LogP contribution in [-0.4, -0.2) is 8.80 Å². The van der Waals surface area contributed by atoms with Crippen molar-refractivity contribution in [2.24, 2.45) is 0 Å². The van der Waals surface area contributed by atoms with E-state index in [1.54, 1.807) is 0 Å². The zero-order valence-electron chi connectivity index (χ0n) is 35.8. The van der Waals surface area contributed by atoms with Crippen molar-refractivity contribution in [3.63, 3.8) is 0 Å². The average molecular weight is 889 g/mol. The van der Waals surface area contributed by atoms with Gasteiger partial charge in [0.2, 0.25) is 0 Å². The van der Waals surface area contributed by atoms with Gasteiger partial charge in [0.25, 0.3) is 0 Å². The Kier molecular flexibility index (Phi) is 24.0. The van der Waals surface area contributed by atoms with Gasteiger partial charge in [-0.2, -0.15) is 66.2 Å². The smallest absolute Gasteiger partial charge is 0.0416 e. The number of hydrogen-bond donors (Lipinski definition) is 0. The zero-order valence-corrected chi connectivity index (χ0v) is 41.4. The van der Waals surface area contributed by atoms with E-state index < -0.39 is 0 Å². The van der Waals surface area contributed by atoms with Crippen molar-refractivity contribution in [1.82, 2.24) is 8.80 Å². The number of fused-ring (bicyclic) bond motifs is 6. The Hall–Kier alpha value is -3.39. The van der Waals surface area contributed by atoms with Crippen molar-refractivity contribution in [1.29, 1.82) is 0 Å². The molecule has 0 aliphatic carbocycles. The fraction of sp³-hybridized carbons (Fsp3) is 0.231. The molecule has 10 aromatic rings. The Morgan fingerprint density at radius 2 is 0.786 bits per heavy atom. The van der Waals surface area contributed by atoms with Crippen LogP contribution in [-0.2, 0) is 65.4 Å². The molecule has 56 heavy (non-hydrogen) atoms. The van der Waals surface area contributed by atoms with Gasteiger partial charge in [-0.25, -0.2) is 16.7 Å². The summed E-state index contributed by atoms with van der Waals surface area (Å²) >= 11 is 0. The molecule has 0 aliphatic rings. The van der Waals surface area contributed by atoms with Gasteiger partial charge in [-0.15, -0.1) is 18.2 Å². The molecule has 0 saturated heterocycles. The second kappa shape index (κ2) is 26.5. The van der Waals surface area contributed by atoms with Crippen LogP contribution in [0.25, 0.3) is 76.9 Å². The van der Waals surface area contributed by atoms with Gasteiger partial charge in [0, 0.05) is 76.5 Å². The SMILES string of the molecule is CC.CC.CC.CC.CC.CC.[Y].[Y].[c-]1ccccc1-c1[c-]c2c3ccccc3c3cccc1n23.[c-]1ccccc1-c1[c-]c2cccc3c4ccccc4c1n23. The van der Waals surface area contributed by atoms with E-state index in [2.05, 4.69) is 136 Å². The molecule has 10 rings (SSSR count). The molecule has 0 saturated carbocycles. The van der Waals surface area contributed by atoms with Gasteiger partial charge in [-0.1, -0.05) is 172 Å². The normalized spacial score (nSPS) is 9.50. The molecular formula is C52H58N2Y2-4. The Morgan fingerprint density at radius 3 is 1.32 bits per heavy atom. The van der Waals surface area contributed by atoms with E-state index in [-0.39, 0.29) is 65.4 Å². The van der Waals surface area contributed by atoms with Crippen molar-refractivity contribution in [3.8, 4) is 22.3 Å². The van der Waals surface area contributed by atoms with Gasteiger partial charge in [0.05, 0.1) is 0 Å². The van der Waals surface area contributed by atoms with Crippen molar-refractivity contribution >= 4 is 54.6 Å². The fourth-order valence-electron chi connectivity index (χ4n) is 6.52. The number of hydrogen-bond acceptors (Lipinski definition) is 0. The van der Waals surface area contributed by atoms with E-state index in [1.807, 2.05) is 113 Å². The predicted octanol–water partition coefficient (Wildman–Crippen LogP) is 16.1. The van der Waals surface area contributed by atoms with Gasteiger partial charge < -0.3 is 8.80 Å². The molecule has 0 amide bonds. The maximum absolute atomic E-state index is 3.60. The fourth-order valence-corrected chi connectivity index (χ4v) is 6.52. The molecule has 6 heterocycles. The molecule has 6 aromatic heterocycles. The molecule has 0 fully saturated rings. The minimum Gasteiger partial charge on any atom is -0.377 e. The van der Waals surface area contributed by atoms with Gasteiger partial charge in [0.1, 0.15) is 0 Å². The van der Waals surface area contributed by atoms with E-state index in [1.165, 1.54) is 43.6 Å². The van der Waals surface area contributed by atoms with Crippen LogP contribution in [0.4, 0.5) is 0 Å². The first-order chi connectivity index (χ1) is 26.9. The molecule has 4 aromatic carbocycles. The van der Waals surface area contributed by atoms with Crippen LogP contribution < -0.4 is 0 Å². The predicted molar refractivity (Wildman–Crippen MR) is 241 cm³/mol. The monoisotopic (exact) mass is 888 g/mol. The number of aromatic nitrogens is 2. The summed E-state index contributed by atoms with van der Waals surface area (Å²) < 4.78 is 4.61. The summed E-state index contributed by atoms with van der Waals surface area (Å²) in [5, 5.41) is 5.13. The van der Waals surface area contributed by atoms with Crippen LogP contribution in [0.1, 0.15) is 83.1 Å². The standard InChI is InChI=1S/2C20H11N.6C2H6.2Y/c1-2-7-14(8-3-1)18-13-15-9-6-12-19-16-10-4-5-11-17(16)20(18)21(15)19;1-2-7-14(8-3-1)17-13-20-16-10-5-4-9-15(16)18-11-6-12-19(17)21(18)20;6*1-2;;/h2*1-7,9-12H;6*1-2H3;;/q2*-2;;;;;;;;. The number of nitrogens with zero attached hydrogens (tertiary/aromatic N) is 2. The average Bonchev–Trinajstić information content (AvgIpc) is 4.06. The minimum atomic E-state index is 0. The Labute approximate surface area is 388 Å². The summed E-state index contributed by atoms with van der Waals surface area (Å²) in [6, 6.07) is 59.9. The minimum absolute atomic E-state index is 0. The van der Waals surface area contributed by atoms with E-state index in [4.69, 9.17) is 0 Å². The number of benzene rings is 4. The first-order valence-corrected chi connectivity index (χ1v) is 20.1. The Balaban J connectivity index is 0.000000431. The van der Waals surface area contributed by atoms with E-state index in [0.717, 1.165) is 33.3 Å². The maximum atomic E-state index is 3.60. The van der Waals surface area contributed by atoms with E-state index in [0.29, 0.717) is 0 Å². The molecule has 0 spiro atoms. The van der Waals surface area contributed by atoms with Crippen LogP contribution in [0.3, 0.4) is 0 Å². The van der Waals surface area contributed by atoms with Gasteiger partial charge >= 0.3 is 0 Å². The summed E-state index contributed by atoms with van der Waals surface area (Å²) in [6.07, 6.45) is 0. The Morgan fingerprint density at radius 1 is 0.357 bits per heavy atom. The summed E-state index contributed by atoms with van der Waals surface area (Å²) in [5.74, 6) is 0.